The second-order valence-corrected chi connectivity index (χ2v) is 4.18. The molecule has 2 aromatic carbocycles. The zero-order chi connectivity index (χ0) is 14.4. The molecular formula is C15H14N4O. The van der Waals surface area contributed by atoms with Gasteiger partial charge in [-0.25, -0.2) is 0 Å². The van der Waals surface area contributed by atoms with Gasteiger partial charge in [0, 0.05) is 6.54 Å². The molecule has 2 rings (SSSR count). The van der Waals surface area contributed by atoms with Crippen LogP contribution in [0, 0.1) is 11.3 Å². The quantitative estimate of drug-likeness (QED) is 0.581. The molecule has 0 aliphatic heterocycles. The molecular weight excluding hydrogens is 252 g/mol. The second kappa shape index (κ2) is 6.36. The molecule has 4 N–H and O–H groups in total. The SMILES string of the molecule is N#Cc1cccc(CNC(=O)c2ccccc2NN)c1. The molecule has 0 bridgehead atoms. The standard InChI is InChI=1S/C15H14N4O/c16-9-11-4-3-5-12(8-11)10-18-15(20)13-6-1-2-7-14(13)19-17/h1-8,19H,10,17H2,(H,18,20). The van der Waals surface area contributed by atoms with Crippen LogP contribution in [0.4, 0.5) is 5.69 Å². The molecule has 20 heavy (non-hydrogen) atoms. The predicted octanol–water partition coefficient (Wildman–Crippen LogP) is 1.77. The summed E-state index contributed by atoms with van der Waals surface area (Å²) >= 11 is 0. The van der Waals surface area contributed by atoms with Gasteiger partial charge in [-0.05, 0) is 29.8 Å². The number of carbonyl (C=O) groups excluding carboxylic acids is 1. The summed E-state index contributed by atoms with van der Waals surface area (Å²) in [7, 11) is 0. The van der Waals surface area contributed by atoms with Crippen LogP contribution in [0.2, 0.25) is 0 Å². The highest BCUT2D eigenvalue weighted by Crippen LogP contribution is 2.13. The number of hydrogen-bond acceptors (Lipinski definition) is 4. The van der Waals surface area contributed by atoms with Gasteiger partial charge >= 0.3 is 0 Å². The third-order valence-electron chi connectivity index (χ3n) is 2.84. The van der Waals surface area contributed by atoms with Crippen molar-refractivity contribution in [1.29, 1.82) is 5.26 Å². The summed E-state index contributed by atoms with van der Waals surface area (Å²) in [6, 6.07) is 16.2. The van der Waals surface area contributed by atoms with Gasteiger partial charge in [0.1, 0.15) is 0 Å². The molecule has 0 saturated heterocycles. The number of nitrogens with zero attached hydrogens (tertiary/aromatic N) is 1. The molecule has 0 atom stereocenters. The summed E-state index contributed by atoms with van der Waals surface area (Å²) in [5, 5.41) is 11.6. The van der Waals surface area contributed by atoms with Gasteiger partial charge in [-0.3, -0.25) is 10.6 Å². The molecule has 0 radical (unpaired) electrons. The Morgan fingerprint density at radius 1 is 1.20 bits per heavy atom. The van der Waals surface area contributed by atoms with Crippen LogP contribution in [0.5, 0.6) is 0 Å². The number of nitrogen functional groups attached to an aromatic ring is 1. The fourth-order valence-electron chi connectivity index (χ4n) is 1.84. The number of nitrogens with one attached hydrogen (secondary N) is 2. The van der Waals surface area contributed by atoms with E-state index in [-0.39, 0.29) is 5.91 Å². The highest BCUT2D eigenvalue weighted by Gasteiger charge is 2.09. The van der Waals surface area contributed by atoms with Crippen molar-refractivity contribution in [3.63, 3.8) is 0 Å². The van der Waals surface area contributed by atoms with Crippen molar-refractivity contribution >= 4 is 11.6 Å². The average Bonchev–Trinajstić information content (AvgIpc) is 2.52. The Morgan fingerprint density at radius 2 is 2.00 bits per heavy atom. The van der Waals surface area contributed by atoms with E-state index in [4.69, 9.17) is 11.1 Å². The van der Waals surface area contributed by atoms with Crippen molar-refractivity contribution < 1.29 is 4.79 Å². The number of hydrogen-bond donors (Lipinski definition) is 3. The fraction of sp³-hybridized carbons (Fsp3) is 0.0667. The summed E-state index contributed by atoms with van der Waals surface area (Å²) in [5.74, 6) is 5.15. The zero-order valence-electron chi connectivity index (χ0n) is 10.8. The Bertz CT molecular complexity index is 661. The highest BCUT2D eigenvalue weighted by atomic mass is 16.1. The Morgan fingerprint density at radius 3 is 2.75 bits per heavy atom. The first-order valence-corrected chi connectivity index (χ1v) is 6.07. The van der Waals surface area contributed by atoms with Crippen molar-refractivity contribution in [3.05, 3.63) is 65.2 Å². The molecule has 0 fully saturated rings. The average molecular weight is 266 g/mol. The minimum atomic E-state index is -0.221. The van der Waals surface area contributed by atoms with E-state index in [9.17, 15) is 4.79 Å². The lowest BCUT2D eigenvalue weighted by Gasteiger charge is -2.09. The van der Waals surface area contributed by atoms with E-state index in [2.05, 4.69) is 16.8 Å². The Kier molecular flexibility index (Phi) is 4.32. The van der Waals surface area contributed by atoms with Gasteiger partial charge in [0.05, 0.1) is 22.9 Å². The van der Waals surface area contributed by atoms with Crippen LogP contribution in [0.15, 0.2) is 48.5 Å². The minimum Gasteiger partial charge on any atom is -0.348 e. The van der Waals surface area contributed by atoms with Crippen LogP contribution >= 0.6 is 0 Å². The van der Waals surface area contributed by atoms with Gasteiger partial charge in [-0.2, -0.15) is 5.26 Å². The van der Waals surface area contributed by atoms with Crippen molar-refractivity contribution in [1.82, 2.24) is 5.32 Å². The molecule has 5 heteroatoms. The topological polar surface area (TPSA) is 90.9 Å². The lowest BCUT2D eigenvalue weighted by atomic mass is 10.1. The molecule has 0 aromatic heterocycles. The molecule has 1 amide bonds. The maximum absolute atomic E-state index is 12.1. The van der Waals surface area contributed by atoms with Crippen molar-refractivity contribution in [2.24, 2.45) is 5.84 Å². The molecule has 5 nitrogen and oxygen atoms in total. The van der Waals surface area contributed by atoms with Gasteiger partial charge in [-0.15, -0.1) is 0 Å². The van der Waals surface area contributed by atoms with E-state index >= 15 is 0 Å². The van der Waals surface area contributed by atoms with Crippen LogP contribution in [-0.4, -0.2) is 5.91 Å². The molecule has 0 aliphatic rings. The lowest BCUT2D eigenvalue weighted by Crippen LogP contribution is -2.24. The van der Waals surface area contributed by atoms with Gasteiger partial charge in [0.2, 0.25) is 0 Å². The molecule has 0 aliphatic carbocycles. The first-order chi connectivity index (χ1) is 9.74. The molecule has 0 heterocycles. The molecule has 2 aromatic rings. The van der Waals surface area contributed by atoms with Crippen molar-refractivity contribution in [2.75, 3.05) is 5.43 Å². The number of hydrazine groups is 1. The summed E-state index contributed by atoms with van der Waals surface area (Å²) in [6.45, 7) is 0.354. The Balaban J connectivity index is 2.07. The molecule has 0 unspecified atom stereocenters. The highest BCUT2D eigenvalue weighted by molar-refractivity contribution is 5.99. The maximum Gasteiger partial charge on any atom is 0.253 e. The van der Waals surface area contributed by atoms with Crippen molar-refractivity contribution in [3.8, 4) is 6.07 Å². The number of nitriles is 1. The lowest BCUT2D eigenvalue weighted by molar-refractivity contribution is 0.0951. The predicted molar refractivity (Wildman–Crippen MR) is 76.6 cm³/mol. The largest absolute Gasteiger partial charge is 0.348 e. The second-order valence-electron chi connectivity index (χ2n) is 4.18. The van der Waals surface area contributed by atoms with Crippen LogP contribution in [-0.2, 0) is 6.54 Å². The van der Waals surface area contributed by atoms with Gasteiger partial charge in [0.15, 0.2) is 0 Å². The number of nitrogens with two attached hydrogens (primary N) is 1. The molecule has 0 saturated carbocycles. The number of para-hydroxylation sites is 1. The van der Waals surface area contributed by atoms with E-state index in [0.717, 1.165) is 5.56 Å². The number of amides is 1. The van der Waals surface area contributed by atoms with E-state index in [0.29, 0.717) is 23.4 Å². The van der Waals surface area contributed by atoms with Crippen LogP contribution in [0.25, 0.3) is 0 Å². The number of anilines is 1. The Hall–Kier alpha value is -2.84. The maximum atomic E-state index is 12.1. The third-order valence-corrected chi connectivity index (χ3v) is 2.84. The molecule has 100 valence electrons. The summed E-state index contributed by atoms with van der Waals surface area (Å²) in [5.41, 5.74) is 4.97. The zero-order valence-corrected chi connectivity index (χ0v) is 10.8. The van der Waals surface area contributed by atoms with Gasteiger partial charge in [0.25, 0.3) is 5.91 Å². The number of benzene rings is 2. The number of rotatable bonds is 4. The van der Waals surface area contributed by atoms with E-state index in [1.165, 1.54) is 0 Å². The van der Waals surface area contributed by atoms with Crippen LogP contribution in [0.3, 0.4) is 0 Å². The van der Waals surface area contributed by atoms with Crippen LogP contribution in [0.1, 0.15) is 21.5 Å². The third kappa shape index (κ3) is 3.13. The first-order valence-electron chi connectivity index (χ1n) is 6.07. The summed E-state index contributed by atoms with van der Waals surface area (Å²) < 4.78 is 0. The normalized spacial score (nSPS) is 9.60. The van der Waals surface area contributed by atoms with Crippen LogP contribution < -0.4 is 16.6 Å². The first kappa shape index (κ1) is 13.6. The summed E-state index contributed by atoms with van der Waals surface area (Å²) in [4.78, 5) is 12.1. The fourth-order valence-corrected chi connectivity index (χ4v) is 1.84. The molecule has 0 spiro atoms. The monoisotopic (exact) mass is 266 g/mol. The van der Waals surface area contributed by atoms with E-state index in [1.807, 2.05) is 6.07 Å². The Labute approximate surface area is 117 Å². The smallest absolute Gasteiger partial charge is 0.253 e. The van der Waals surface area contributed by atoms with E-state index < -0.39 is 0 Å². The minimum absolute atomic E-state index is 0.221. The van der Waals surface area contributed by atoms with E-state index in [1.54, 1.807) is 42.5 Å². The van der Waals surface area contributed by atoms with Gasteiger partial charge in [-0.1, -0.05) is 24.3 Å². The summed E-state index contributed by atoms with van der Waals surface area (Å²) in [6.07, 6.45) is 0. The number of carbonyl (C=O) groups is 1. The van der Waals surface area contributed by atoms with Crippen molar-refractivity contribution in [2.45, 2.75) is 6.54 Å². The van der Waals surface area contributed by atoms with Gasteiger partial charge < -0.3 is 10.7 Å².